The first-order valence-electron chi connectivity index (χ1n) is 8.07. The molecule has 0 unspecified atom stereocenters. The predicted molar refractivity (Wildman–Crippen MR) is 94.2 cm³/mol. The van der Waals surface area contributed by atoms with E-state index in [1.807, 2.05) is 24.3 Å². The van der Waals surface area contributed by atoms with Crippen LogP contribution in [0.15, 0.2) is 42.5 Å². The maximum Gasteiger partial charge on any atom is 0.335 e. The van der Waals surface area contributed by atoms with Crippen LogP contribution in [-0.2, 0) is 11.2 Å². The Morgan fingerprint density at radius 2 is 1.84 bits per heavy atom. The van der Waals surface area contributed by atoms with Crippen molar-refractivity contribution in [1.82, 2.24) is 0 Å². The maximum atomic E-state index is 11.9. The van der Waals surface area contributed by atoms with Gasteiger partial charge in [0.15, 0.2) is 0 Å². The molecule has 0 aliphatic heterocycles. The van der Waals surface area contributed by atoms with Gasteiger partial charge in [0.05, 0.1) is 17.9 Å². The van der Waals surface area contributed by atoms with E-state index in [1.54, 1.807) is 0 Å². The zero-order valence-electron chi connectivity index (χ0n) is 14.0. The van der Waals surface area contributed by atoms with Gasteiger partial charge in [0.25, 0.3) is 0 Å². The number of carbonyl (C=O) groups is 2. The highest BCUT2D eigenvalue weighted by Crippen LogP contribution is 2.24. The zero-order valence-corrected chi connectivity index (χ0v) is 14.0. The van der Waals surface area contributed by atoms with E-state index in [-0.39, 0.29) is 29.3 Å². The number of aryl methyl sites for hydroxylation is 1. The topological polar surface area (TPSA) is 95.9 Å². The first kappa shape index (κ1) is 18.3. The third-order valence-electron chi connectivity index (χ3n) is 3.67. The number of amides is 1. The van der Waals surface area contributed by atoms with Gasteiger partial charge in [-0.1, -0.05) is 19.1 Å². The second-order valence-corrected chi connectivity index (χ2v) is 5.53. The van der Waals surface area contributed by atoms with Crippen molar-refractivity contribution in [2.75, 3.05) is 11.9 Å². The van der Waals surface area contributed by atoms with Crippen molar-refractivity contribution in [3.05, 3.63) is 53.6 Å². The number of ether oxygens (including phenoxy) is 1. The highest BCUT2D eigenvalue weighted by Gasteiger charge is 2.10. The fourth-order valence-electron chi connectivity index (χ4n) is 2.23. The summed E-state index contributed by atoms with van der Waals surface area (Å²) in [6.45, 7) is 2.47. The summed E-state index contributed by atoms with van der Waals surface area (Å²) in [5, 5.41) is 21.1. The molecule has 0 saturated heterocycles. The van der Waals surface area contributed by atoms with Crippen molar-refractivity contribution in [1.29, 1.82) is 0 Å². The summed E-state index contributed by atoms with van der Waals surface area (Å²) in [5.41, 5.74) is 1.31. The third kappa shape index (κ3) is 5.53. The minimum Gasteiger partial charge on any atom is -0.506 e. The van der Waals surface area contributed by atoms with Crippen molar-refractivity contribution >= 4 is 17.6 Å². The molecule has 2 aromatic rings. The molecular formula is C19H21NO5. The van der Waals surface area contributed by atoms with Crippen molar-refractivity contribution in [3.63, 3.8) is 0 Å². The standard InChI is InChI=1S/C19H21NO5/c1-2-13-5-8-15(9-6-13)25-11-3-4-18(22)20-16-12-14(19(23)24)7-10-17(16)21/h5-10,12,21H,2-4,11H2,1H3,(H,20,22)(H,23,24). The molecule has 0 fully saturated rings. The quantitative estimate of drug-likeness (QED) is 0.504. The number of hydrogen-bond donors (Lipinski definition) is 3. The molecule has 0 aliphatic rings. The van der Waals surface area contributed by atoms with E-state index in [4.69, 9.17) is 9.84 Å². The molecular weight excluding hydrogens is 322 g/mol. The Balaban J connectivity index is 1.78. The first-order valence-corrected chi connectivity index (χ1v) is 8.07. The van der Waals surface area contributed by atoms with Crippen molar-refractivity contribution < 1.29 is 24.5 Å². The van der Waals surface area contributed by atoms with Gasteiger partial charge in [-0.05, 0) is 48.7 Å². The number of carbonyl (C=O) groups excluding carboxylic acids is 1. The van der Waals surface area contributed by atoms with Gasteiger partial charge in [-0.2, -0.15) is 0 Å². The molecule has 0 aliphatic carbocycles. The van der Waals surface area contributed by atoms with E-state index in [2.05, 4.69) is 12.2 Å². The number of phenolic OH excluding ortho intramolecular Hbond substituents is 1. The van der Waals surface area contributed by atoms with E-state index >= 15 is 0 Å². The Morgan fingerprint density at radius 3 is 2.48 bits per heavy atom. The van der Waals surface area contributed by atoms with E-state index in [1.165, 1.54) is 23.8 Å². The lowest BCUT2D eigenvalue weighted by molar-refractivity contribution is -0.116. The molecule has 3 N–H and O–H groups in total. The highest BCUT2D eigenvalue weighted by molar-refractivity contribution is 5.95. The number of nitrogens with one attached hydrogen (secondary N) is 1. The van der Waals surface area contributed by atoms with Crippen molar-refractivity contribution in [2.24, 2.45) is 0 Å². The Morgan fingerprint density at radius 1 is 1.12 bits per heavy atom. The van der Waals surface area contributed by atoms with Gasteiger partial charge in [0.1, 0.15) is 11.5 Å². The normalized spacial score (nSPS) is 10.3. The van der Waals surface area contributed by atoms with Crippen molar-refractivity contribution in [2.45, 2.75) is 26.2 Å². The van der Waals surface area contributed by atoms with Gasteiger partial charge < -0.3 is 20.3 Å². The Bertz CT molecular complexity index is 740. The van der Waals surface area contributed by atoms with Crippen LogP contribution in [0.25, 0.3) is 0 Å². The van der Waals surface area contributed by atoms with Gasteiger partial charge in [-0.3, -0.25) is 4.79 Å². The second-order valence-electron chi connectivity index (χ2n) is 5.53. The Hall–Kier alpha value is -3.02. The summed E-state index contributed by atoms with van der Waals surface area (Å²) in [6, 6.07) is 11.5. The van der Waals surface area contributed by atoms with Gasteiger partial charge in [-0.15, -0.1) is 0 Å². The Kier molecular flexibility index (Phi) is 6.39. The number of anilines is 1. The van der Waals surface area contributed by atoms with Gasteiger partial charge >= 0.3 is 5.97 Å². The monoisotopic (exact) mass is 343 g/mol. The zero-order chi connectivity index (χ0) is 18.2. The highest BCUT2D eigenvalue weighted by atomic mass is 16.5. The number of carboxylic acid groups (broad SMARTS) is 1. The largest absolute Gasteiger partial charge is 0.506 e. The number of aromatic hydroxyl groups is 1. The van der Waals surface area contributed by atoms with Crippen LogP contribution >= 0.6 is 0 Å². The average Bonchev–Trinajstić information content (AvgIpc) is 2.61. The lowest BCUT2D eigenvalue weighted by Gasteiger charge is -2.09. The number of hydrogen-bond acceptors (Lipinski definition) is 4. The van der Waals surface area contributed by atoms with Crippen LogP contribution in [0.5, 0.6) is 11.5 Å². The van der Waals surface area contributed by atoms with Crippen LogP contribution in [0.2, 0.25) is 0 Å². The number of phenols is 1. The molecule has 6 heteroatoms. The van der Waals surface area contributed by atoms with E-state index < -0.39 is 5.97 Å². The summed E-state index contributed by atoms with van der Waals surface area (Å²) in [6.07, 6.45) is 1.67. The molecule has 6 nitrogen and oxygen atoms in total. The molecule has 0 heterocycles. The number of aromatic carboxylic acids is 1. The van der Waals surface area contributed by atoms with Crippen molar-refractivity contribution in [3.8, 4) is 11.5 Å². The van der Waals surface area contributed by atoms with Gasteiger partial charge in [0, 0.05) is 6.42 Å². The van der Waals surface area contributed by atoms with Crippen LogP contribution in [0.3, 0.4) is 0 Å². The lowest BCUT2D eigenvalue weighted by atomic mass is 10.2. The van der Waals surface area contributed by atoms with Crippen LogP contribution < -0.4 is 10.1 Å². The van der Waals surface area contributed by atoms with Gasteiger partial charge in [-0.25, -0.2) is 4.79 Å². The molecule has 0 bridgehead atoms. The van der Waals surface area contributed by atoms with Crippen LogP contribution in [0.1, 0.15) is 35.7 Å². The van der Waals surface area contributed by atoms with Crippen LogP contribution in [0, 0.1) is 0 Å². The fourth-order valence-corrected chi connectivity index (χ4v) is 2.23. The van der Waals surface area contributed by atoms with Crippen LogP contribution in [-0.4, -0.2) is 28.7 Å². The first-order chi connectivity index (χ1) is 12.0. The summed E-state index contributed by atoms with van der Waals surface area (Å²) in [5.74, 6) is -0.865. The van der Waals surface area contributed by atoms with Crippen LogP contribution in [0.4, 0.5) is 5.69 Å². The molecule has 2 aromatic carbocycles. The molecule has 132 valence electrons. The number of carboxylic acids is 1. The third-order valence-corrected chi connectivity index (χ3v) is 3.67. The second kappa shape index (κ2) is 8.73. The predicted octanol–water partition coefficient (Wildman–Crippen LogP) is 3.45. The lowest BCUT2D eigenvalue weighted by Crippen LogP contribution is -2.13. The smallest absolute Gasteiger partial charge is 0.335 e. The molecule has 0 radical (unpaired) electrons. The molecule has 0 spiro atoms. The maximum absolute atomic E-state index is 11.9. The summed E-state index contributed by atoms with van der Waals surface area (Å²) >= 11 is 0. The molecule has 0 atom stereocenters. The molecule has 0 aromatic heterocycles. The fraction of sp³-hybridized carbons (Fsp3) is 0.263. The summed E-state index contributed by atoms with van der Waals surface area (Å²) in [4.78, 5) is 22.8. The van der Waals surface area contributed by atoms with E-state index in [0.717, 1.165) is 12.2 Å². The summed E-state index contributed by atoms with van der Waals surface area (Å²) in [7, 11) is 0. The number of benzene rings is 2. The SMILES string of the molecule is CCc1ccc(OCCCC(=O)Nc2cc(C(=O)O)ccc2O)cc1. The summed E-state index contributed by atoms with van der Waals surface area (Å²) < 4.78 is 5.57. The minimum absolute atomic E-state index is 0.00744. The molecule has 25 heavy (non-hydrogen) atoms. The molecule has 1 amide bonds. The molecule has 2 rings (SSSR count). The minimum atomic E-state index is -1.13. The molecule has 0 saturated carbocycles. The van der Waals surface area contributed by atoms with E-state index in [9.17, 15) is 14.7 Å². The number of rotatable bonds is 8. The Labute approximate surface area is 146 Å². The van der Waals surface area contributed by atoms with E-state index in [0.29, 0.717) is 13.0 Å². The van der Waals surface area contributed by atoms with Gasteiger partial charge in [0.2, 0.25) is 5.91 Å². The average molecular weight is 343 g/mol.